The first-order valence-corrected chi connectivity index (χ1v) is 4.64. The molecule has 0 saturated heterocycles. The van der Waals surface area contributed by atoms with Crippen LogP contribution < -0.4 is 0 Å². The number of benzene rings is 1. The molecule has 12 heavy (non-hydrogen) atoms. The van der Waals surface area contributed by atoms with Gasteiger partial charge >= 0.3 is 0 Å². The van der Waals surface area contributed by atoms with Gasteiger partial charge in [-0.15, -0.1) is 11.6 Å². The van der Waals surface area contributed by atoms with Crippen molar-refractivity contribution in [2.45, 2.75) is 25.6 Å². The zero-order valence-corrected chi connectivity index (χ0v) is 7.87. The summed E-state index contributed by atoms with van der Waals surface area (Å²) in [6.45, 7) is 2.08. The lowest BCUT2D eigenvalue weighted by atomic mass is 10.1. The standard InChI is InChI=1S/C10H12ClF/c1-2-3-8-4-5-9(7-11)10(12)6-8/h4-6H,2-3,7H2,1H3. The first-order valence-electron chi connectivity index (χ1n) is 4.11. The largest absolute Gasteiger partial charge is 0.207 e. The zero-order chi connectivity index (χ0) is 8.97. The van der Waals surface area contributed by atoms with E-state index in [2.05, 4.69) is 6.92 Å². The van der Waals surface area contributed by atoms with Crippen molar-refractivity contribution < 1.29 is 4.39 Å². The molecule has 0 radical (unpaired) electrons. The number of hydrogen-bond donors (Lipinski definition) is 0. The first kappa shape index (κ1) is 9.53. The summed E-state index contributed by atoms with van der Waals surface area (Å²) in [5.74, 6) is 0.0639. The molecule has 1 aromatic carbocycles. The highest BCUT2D eigenvalue weighted by atomic mass is 35.5. The van der Waals surface area contributed by atoms with Crippen LogP contribution in [-0.4, -0.2) is 0 Å². The summed E-state index contributed by atoms with van der Waals surface area (Å²) in [4.78, 5) is 0. The molecule has 0 amide bonds. The van der Waals surface area contributed by atoms with Crippen molar-refractivity contribution >= 4 is 11.6 Å². The summed E-state index contributed by atoms with van der Waals surface area (Å²) >= 11 is 5.52. The predicted octanol–water partition coefficient (Wildman–Crippen LogP) is 3.52. The summed E-state index contributed by atoms with van der Waals surface area (Å²) in [7, 11) is 0. The van der Waals surface area contributed by atoms with Gasteiger partial charge in [-0.25, -0.2) is 4.39 Å². The van der Waals surface area contributed by atoms with E-state index < -0.39 is 0 Å². The van der Waals surface area contributed by atoms with Crippen LogP contribution >= 0.6 is 11.6 Å². The van der Waals surface area contributed by atoms with E-state index in [9.17, 15) is 4.39 Å². The van der Waals surface area contributed by atoms with Crippen LogP contribution in [0.15, 0.2) is 18.2 Å². The number of alkyl halides is 1. The van der Waals surface area contributed by atoms with Gasteiger partial charge in [-0.3, -0.25) is 0 Å². The van der Waals surface area contributed by atoms with E-state index in [1.807, 2.05) is 6.07 Å². The molecule has 0 fully saturated rings. The lowest BCUT2D eigenvalue weighted by molar-refractivity contribution is 0.614. The molecule has 0 aliphatic carbocycles. The van der Waals surface area contributed by atoms with Crippen LogP contribution in [0.4, 0.5) is 4.39 Å². The molecule has 0 spiro atoms. The van der Waals surface area contributed by atoms with Crippen molar-refractivity contribution in [1.82, 2.24) is 0 Å². The van der Waals surface area contributed by atoms with Crippen LogP contribution in [-0.2, 0) is 12.3 Å². The third kappa shape index (κ3) is 2.21. The molecule has 1 rings (SSSR count). The Kier molecular flexibility index (Phi) is 3.54. The molecule has 0 heterocycles. The van der Waals surface area contributed by atoms with Crippen molar-refractivity contribution in [3.8, 4) is 0 Å². The first-order chi connectivity index (χ1) is 5.77. The fourth-order valence-corrected chi connectivity index (χ4v) is 1.36. The van der Waals surface area contributed by atoms with Gasteiger partial charge in [0, 0.05) is 5.56 Å². The highest BCUT2D eigenvalue weighted by molar-refractivity contribution is 6.17. The molecule has 0 atom stereocenters. The highest BCUT2D eigenvalue weighted by Gasteiger charge is 2.00. The maximum atomic E-state index is 13.1. The second-order valence-electron chi connectivity index (χ2n) is 2.81. The minimum Gasteiger partial charge on any atom is -0.207 e. The molecular weight excluding hydrogens is 175 g/mol. The van der Waals surface area contributed by atoms with Gasteiger partial charge in [-0.1, -0.05) is 25.5 Å². The van der Waals surface area contributed by atoms with Crippen molar-refractivity contribution in [3.05, 3.63) is 35.1 Å². The SMILES string of the molecule is CCCc1ccc(CCl)c(F)c1. The second-order valence-corrected chi connectivity index (χ2v) is 3.08. The highest BCUT2D eigenvalue weighted by Crippen LogP contribution is 2.13. The molecule has 1 aromatic rings. The molecule has 0 N–H and O–H groups in total. The Hall–Kier alpha value is -0.560. The van der Waals surface area contributed by atoms with Gasteiger partial charge < -0.3 is 0 Å². The van der Waals surface area contributed by atoms with Gasteiger partial charge in [-0.2, -0.15) is 0 Å². The maximum Gasteiger partial charge on any atom is 0.127 e. The van der Waals surface area contributed by atoms with Gasteiger partial charge in [0.1, 0.15) is 5.82 Å². The van der Waals surface area contributed by atoms with Crippen molar-refractivity contribution in [1.29, 1.82) is 0 Å². The van der Waals surface area contributed by atoms with Gasteiger partial charge in [0.25, 0.3) is 0 Å². The molecule has 0 bridgehead atoms. The van der Waals surface area contributed by atoms with E-state index in [1.54, 1.807) is 12.1 Å². The van der Waals surface area contributed by atoms with Crippen LogP contribution in [0.25, 0.3) is 0 Å². The Labute approximate surface area is 77.4 Å². The van der Waals surface area contributed by atoms with Crippen LogP contribution in [0.3, 0.4) is 0 Å². The van der Waals surface area contributed by atoms with Crippen LogP contribution in [0, 0.1) is 5.82 Å². The molecule has 0 unspecified atom stereocenters. The van der Waals surface area contributed by atoms with E-state index in [0.717, 1.165) is 18.4 Å². The number of rotatable bonds is 3. The summed E-state index contributed by atoms with van der Waals surface area (Å²) in [5, 5.41) is 0. The Balaban J connectivity index is 2.86. The molecule has 0 aliphatic heterocycles. The summed E-state index contributed by atoms with van der Waals surface area (Å²) in [6, 6.07) is 5.26. The fraction of sp³-hybridized carbons (Fsp3) is 0.400. The Morgan fingerprint density at radius 2 is 2.17 bits per heavy atom. The minimum atomic E-state index is -0.184. The Morgan fingerprint density at radius 1 is 1.42 bits per heavy atom. The van der Waals surface area contributed by atoms with E-state index in [-0.39, 0.29) is 11.7 Å². The normalized spacial score (nSPS) is 10.2. The summed E-state index contributed by atoms with van der Waals surface area (Å²) < 4.78 is 13.1. The second kappa shape index (κ2) is 4.46. The smallest absolute Gasteiger partial charge is 0.127 e. The predicted molar refractivity (Wildman–Crippen MR) is 50.0 cm³/mol. The third-order valence-electron chi connectivity index (χ3n) is 1.80. The molecular formula is C10H12ClF. The zero-order valence-electron chi connectivity index (χ0n) is 7.11. The van der Waals surface area contributed by atoms with E-state index in [1.165, 1.54) is 0 Å². The maximum absolute atomic E-state index is 13.1. The Bertz CT molecular complexity index is 258. The molecule has 0 saturated carbocycles. The number of hydrogen-bond acceptors (Lipinski definition) is 0. The van der Waals surface area contributed by atoms with E-state index in [4.69, 9.17) is 11.6 Å². The number of aryl methyl sites for hydroxylation is 1. The fourth-order valence-electron chi connectivity index (χ4n) is 1.14. The average molecular weight is 187 g/mol. The minimum absolute atomic E-state index is 0.184. The number of halogens is 2. The van der Waals surface area contributed by atoms with Gasteiger partial charge in [0.05, 0.1) is 5.88 Å². The van der Waals surface area contributed by atoms with Crippen molar-refractivity contribution in [2.24, 2.45) is 0 Å². The molecule has 0 nitrogen and oxygen atoms in total. The Morgan fingerprint density at radius 3 is 2.67 bits per heavy atom. The molecule has 2 heteroatoms. The van der Waals surface area contributed by atoms with Crippen molar-refractivity contribution in [3.63, 3.8) is 0 Å². The third-order valence-corrected chi connectivity index (χ3v) is 2.09. The summed E-state index contributed by atoms with van der Waals surface area (Å²) in [5.41, 5.74) is 1.63. The van der Waals surface area contributed by atoms with E-state index in [0.29, 0.717) is 5.56 Å². The summed E-state index contributed by atoms with van der Waals surface area (Å²) in [6.07, 6.45) is 1.97. The lowest BCUT2D eigenvalue weighted by Gasteiger charge is -2.01. The van der Waals surface area contributed by atoms with Crippen molar-refractivity contribution in [2.75, 3.05) is 0 Å². The van der Waals surface area contributed by atoms with E-state index >= 15 is 0 Å². The average Bonchev–Trinajstić information content (AvgIpc) is 2.05. The van der Waals surface area contributed by atoms with Gasteiger partial charge in [-0.05, 0) is 18.1 Å². The molecule has 66 valence electrons. The topological polar surface area (TPSA) is 0 Å². The van der Waals surface area contributed by atoms with Crippen LogP contribution in [0.2, 0.25) is 0 Å². The lowest BCUT2D eigenvalue weighted by Crippen LogP contribution is -1.89. The van der Waals surface area contributed by atoms with Gasteiger partial charge in [0.15, 0.2) is 0 Å². The molecule has 0 aliphatic rings. The monoisotopic (exact) mass is 186 g/mol. The van der Waals surface area contributed by atoms with Crippen LogP contribution in [0.1, 0.15) is 24.5 Å². The molecule has 0 aromatic heterocycles. The van der Waals surface area contributed by atoms with Crippen LogP contribution in [0.5, 0.6) is 0 Å². The van der Waals surface area contributed by atoms with Gasteiger partial charge in [0.2, 0.25) is 0 Å². The quantitative estimate of drug-likeness (QED) is 0.634.